The second kappa shape index (κ2) is 7.37. The van der Waals surface area contributed by atoms with E-state index in [1.807, 2.05) is 0 Å². The molecular weight excluding hydrogens is 268 g/mol. The molecule has 106 valence electrons. The lowest BCUT2D eigenvalue weighted by molar-refractivity contribution is -0.109. The number of hydrogen-bond donors (Lipinski definition) is 2. The van der Waals surface area contributed by atoms with Crippen molar-refractivity contribution in [3.05, 3.63) is 23.8 Å². The van der Waals surface area contributed by atoms with Crippen LogP contribution in [-0.2, 0) is 4.79 Å². The van der Waals surface area contributed by atoms with E-state index in [1.165, 1.54) is 21.1 Å². The largest absolute Gasteiger partial charge is 0.497 e. The number of rotatable bonds is 6. The summed E-state index contributed by atoms with van der Waals surface area (Å²) in [6.07, 6.45) is -2.16. The van der Waals surface area contributed by atoms with Gasteiger partial charge in [0.15, 0.2) is 5.12 Å². The van der Waals surface area contributed by atoms with E-state index < -0.39 is 12.2 Å². The van der Waals surface area contributed by atoms with E-state index in [1.54, 1.807) is 18.2 Å². The van der Waals surface area contributed by atoms with Crippen molar-refractivity contribution in [3.8, 4) is 11.5 Å². The number of aliphatic hydroxyl groups excluding tert-OH is 2. The third kappa shape index (κ3) is 4.41. The minimum atomic E-state index is -1.12. The molecule has 0 saturated carbocycles. The molecule has 19 heavy (non-hydrogen) atoms. The van der Waals surface area contributed by atoms with Crippen molar-refractivity contribution in [2.75, 3.05) is 20.0 Å². The average molecular weight is 286 g/mol. The van der Waals surface area contributed by atoms with Gasteiger partial charge >= 0.3 is 0 Å². The molecule has 1 aromatic carbocycles. The molecule has 0 aliphatic carbocycles. The molecule has 0 aliphatic rings. The summed E-state index contributed by atoms with van der Waals surface area (Å²) in [6, 6.07) is 4.93. The average Bonchev–Trinajstić information content (AvgIpc) is 2.42. The molecule has 2 atom stereocenters. The van der Waals surface area contributed by atoms with Gasteiger partial charge in [0, 0.05) is 24.3 Å². The summed E-state index contributed by atoms with van der Waals surface area (Å²) < 4.78 is 10.2. The van der Waals surface area contributed by atoms with E-state index >= 15 is 0 Å². The summed E-state index contributed by atoms with van der Waals surface area (Å²) in [5, 5.41) is 19.8. The van der Waals surface area contributed by atoms with Crippen LogP contribution in [0.1, 0.15) is 18.6 Å². The molecule has 2 unspecified atom stereocenters. The molecule has 1 rings (SSSR count). The number of methoxy groups -OCH3 is 2. The van der Waals surface area contributed by atoms with Crippen LogP contribution in [0.25, 0.3) is 0 Å². The Balaban J connectivity index is 2.85. The Morgan fingerprint density at radius 1 is 1.32 bits per heavy atom. The van der Waals surface area contributed by atoms with Crippen LogP contribution in [0.4, 0.5) is 0 Å². The zero-order valence-corrected chi connectivity index (χ0v) is 11.9. The van der Waals surface area contributed by atoms with Gasteiger partial charge in [-0.3, -0.25) is 4.79 Å². The molecule has 1 aromatic rings. The van der Waals surface area contributed by atoms with E-state index in [9.17, 15) is 15.0 Å². The Morgan fingerprint density at radius 2 is 2.00 bits per heavy atom. The Hall–Kier alpha value is -1.24. The molecule has 0 radical (unpaired) electrons. The van der Waals surface area contributed by atoms with Gasteiger partial charge in [0.2, 0.25) is 0 Å². The van der Waals surface area contributed by atoms with Crippen LogP contribution in [-0.4, -0.2) is 41.4 Å². The van der Waals surface area contributed by atoms with Crippen LogP contribution in [0, 0.1) is 0 Å². The first-order valence-electron chi connectivity index (χ1n) is 5.71. The lowest BCUT2D eigenvalue weighted by Crippen LogP contribution is -2.22. The first kappa shape index (κ1) is 15.8. The minimum Gasteiger partial charge on any atom is -0.497 e. The van der Waals surface area contributed by atoms with Crippen LogP contribution in [0.15, 0.2) is 18.2 Å². The summed E-state index contributed by atoms with van der Waals surface area (Å²) in [5.41, 5.74) is 0.458. The van der Waals surface area contributed by atoms with Gasteiger partial charge in [0.25, 0.3) is 0 Å². The maximum Gasteiger partial charge on any atom is 0.185 e. The number of carbonyl (C=O) groups is 1. The smallest absolute Gasteiger partial charge is 0.185 e. The molecule has 0 bridgehead atoms. The van der Waals surface area contributed by atoms with Gasteiger partial charge in [-0.05, 0) is 12.1 Å². The fourth-order valence-corrected chi connectivity index (χ4v) is 2.15. The molecular formula is C13H18O5S. The molecule has 0 aliphatic heterocycles. The summed E-state index contributed by atoms with van der Waals surface area (Å²) >= 11 is 0.969. The number of benzene rings is 1. The van der Waals surface area contributed by atoms with Gasteiger partial charge in [0.05, 0.1) is 20.3 Å². The van der Waals surface area contributed by atoms with Crippen molar-refractivity contribution in [1.82, 2.24) is 0 Å². The predicted octanol–water partition coefficient (Wildman–Crippen LogP) is 1.38. The predicted molar refractivity (Wildman–Crippen MR) is 73.7 cm³/mol. The molecule has 0 heterocycles. The minimum absolute atomic E-state index is 0.104. The second-order valence-electron chi connectivity index (χ2n) is 3.92. The first-order valence-corrected chi connectivity index (χ1v) is 6.69. The number of thioether (sulfide) groups is 1. The molecule has 2 N–H and O–H groups in total. The maximum atomic E-state index is 10.8. The van der Waals surface area contributed by atoms with Crippen molar-refractivity contribution in [2.24, 2.45) is 0 Å². The molecule has 5 nitrogen and oxygen atoms in total. The Morgan fingerprint density at radius 3 is 2.53 bits per heavy atom. The first-order chi connectivity index (χ1) is 8.99. The van der Waals surface area contributed by atoms with Gasteiger partial charge in [-0.15, -0.1) is 0 Å². The van der Waals surface area contributed by atoms with Gasteiger partial charge in [-0.2, -0.15) is 0 Å². The normalized spacial score (nSPS) is 13.7. The van der Waals surface area contributed by atoms with Crippen LogP contribution >= 0.6 is 11.8 Å². The quantitative estimate of drug-likeness (QED) is 0.823. The van der Waals surface area contributed by atoms with Crippen molar-refractivity contribution in [1.29, 1.82) is 0 Å². The Bertz CT molecular complexity index is 435. The highest BCUT2D eigenvalue weighted by Crippen LogP contribution is 2.31. The zero-order chi connectivity index (χ0) is 14.4. The maximum absolute atomic E-state index is 10.8. The summed E-state index contributed by atoms with van der Waals surface area (Å²) in [4.78, 5) is 10.8. The summed E-state index contributed by atoms with van der Waals surface area (Å²) in [6.45, 7) is 1.41. The number of aliphatic hydroxyl groups is 2. The molecule has 0 saturated heterocycles. The highest BCUT2D eigenvalue weighted by molar-refractivity contribution is 8.13. The number of carbonyl (C=O) groups excluding carboxylic acids is 1. The number of hydrogen-bond acceptors (Lipinski definition) is 6. The Labute approximate surface area is 116 Å². The fraction of sp³-hybridized carbons (Fsp3) is 0.462. The van der Waals surface area contributed by atoms with Crippen LogP contribution in [0.5, 0.6) is 11.5 Å². The second-order valence-corrected chi connectivity index (χ2v) is 5.12. The highest BCUT2D eigenvalue weighted by atomic mass is 32.2. The standard InChI is InChI=1S/C13H18O5S/c1-8(14)19-7-11(15)13(16)10-5-4-9(17-2)6-12(10)18-3/h4-6,11,13,15-16H,7H2,1-3H3. The van der Waals surface area contributed by atoms with Gasteiger partial charge in [0.1, 0.15) is 17.6 Å². The van der Waals surface area contributed by atoms with Crippen molar-refractivity contribution >= 4 is 16.9 Å². The van der Waals surface area contributed by atoms with Crippen molar-refractivity contribution in [2.45, 2.75) is 19.1 Å². The molecule has 6 heteroatoms. The lowest BCUT2D eigenvalue weighted by atomic mass is 10.0. The molecule has 0 fully saturated rings. The Kier molecular flexibility index (Phi) is 6.14. The van der Waals surface area contributed by atoms with E-state index in [-0.39, 0.29) is 10.9 Å². The van der Waals surface area contributed by atoms with Gasteiger partial charge in [-0.25, -0.2) is 0 Å². The molecule has 0 amide bonds. The molecule has 0 spiro atoms. The monoisotopic (exact) mass is 286 g/mol. The van der Waals surface area contributed by atoms with E-state index in [4.69, 9.17) is 9.47 Å². The van der Waals surface area contributed by atoms with Crippen LogP contribution in [0.3, 0.4) is 0 Å². The van der Waals surface area contributed by atoms with Crippen molar-refractivity contribution in [3.63, 3.8) is 0 Å². The van der Waals surface area contributed by atoms with Gasteiger partial charge < -0.3 is 19.7 Å². The fourth-order valence-electron chi connectivity index (χ4n) is 1.56. The topological polar surface area (TPSA) is 76.0 Å². The SMILES string of the molecule is COc1ccc(C(O)C(O)CSC(C)=O)c(OC)c1. The van der Waals surface area contributed by atoms with Gasteiger partial charge in [-0.1, -0.05) is 11.8 Å². The van der Waals surface area contributed by atoms with Crippen molar-refractivity contribution < 1.29 is 24.5 Å². The number of ether oxygens (including phenoxy) is 2. The van der Waals surface area contributed by atoms with Crippen LogP contribution in [0.2, 0.25) is 0 Å². The van der Waals surface area contributed by atoms with E-state index in [0.717, 1.165) is 11.8 Å². The van der Waals surface area contributed by atoms with E-state index in [2.05, 4.69) is 0 Å². The third-order valence-electron chi connectivity index (χ3n) is 2.58. The van der Waals surface area contributed by atoms with Crippen LogP contribution < -0.4 is 9.47 Å². The highest BCUT2D eigenvalue weighted by Gasteiger charge is 2.22. The third-order valence-corrected chi connectivity index (χ3v) is 3.50. The summed E-state index contributed by atoms with van der Waals surface area (Å²) in [7, 11) is 3.00. The lowest BCUT2D eigenvalue weighted by Gasteiger charge is -2.20. The zero-order valence-electron chi connectivity index (χ0n) is 11.1. The summed E-state index contributed by atoms with van der Waals surface area (Å²) in [5.74, 6) is 1.16. The molecule has 0 aromatic heterocycles. The van der Waals surface area contributed by atoms with E-state index in [0.29, 0.717) is 17.1 Å².